The molecule has 0 saturated carbocycles. The summed E-state index contributed by atoms with van der Waals surface area (Å²) in [4.78, 5) is 35.9. The Bertz CT molecular complexity index is 910. The molecule has 0 unspecified atom stereocenters. The van der Waals surface area contributed by atoms with Crippen LogP contribution in [0.1, 0.15) is 12.5 Å². The van der Waals surface area contributed by atoms with Crippen LogP contribution in [-0.4, -0.2) is 38.2 Å². The van der Waals surface area contributed by atoms with Gasteiger partial charge in [0.25, 0.3) is 0 Å². The summed E-state index contributed by atoms with van der Waals surface area (Å²) < 4.78 is 11.6. The Hall–Kier alpha value is -3.49. The van der Waals surface area contributed by atoms with Crippen LogP contribution < -0.4 is 5.32 Å². The number of carbonyl (C=O) groups is 2. The molecule has 0 atom stereocenters. The number of ether oxygens (including phenoxy) is 2. The summed E-state index contributed by atoms with van der Waals surface area (Å²) in [7, 11) is 0. The summed E-state index contributed by atoms with van der Waals surface area (Å²) >= 11 is 0. The molecule has 1 amide bonds. The summed E-state index contributed by atoms with van der Waals surface area (Å²) in [6.07, 6.45) is 2.06. The van der Waals surface area contributed by atoms with Crippen LogP contribution in [0.25, 0.3) is 11.2 Å². The van der Waals surface area contributed by atoms with Gasteiger partial charge in [0, 0.05) is 0 Å². The Balaban J connectivity index is 1.69. The first-order valence-corrected chi connectivity index (χ1v) is 7.96. The minimum Gasteiger partial charge on any atom is -0.465 e. The number of fused-ring (bicyclic) bond motifs is 1. The van der Waals surface area contributed by atoms with Crippen LogP contribution in [0.3, 0.4) is 0 Å². The Labute approximate surface area is 149 Å². The van der Waals surface area contributed by atoms with Gasteiger partial charge in [-0.15, -0.1) is 0 Å². The molecule has 0 aliphatic carbocycles. The molecular formula is C17H17N5O4. The fourth-order valence-electron chi connectivity index (χ4n) is 2.29. The number of rotatable bonds is 6. The highest BCUT2D eigenvalue weighted by Crippen LogP contribution is 2.17. The SMILES string of the molecule is CCOC(=O)Cn1cnc2c(NC(=O)OCc3ccccc3)ncnc21. The van der Waals surface area contributed by atoms with E-state index in [2.05, 4.69) is 20.3 Å². The van der Waals surface area contributed by atoms with Gasteiger partial charge in [0.15, 0.2) is 17.0 Å². The quantitative estimate of drug-likeness (QED) is 0.675. The topological polar surface area (TPSA) is 108 Å². The third kappa shape index (κ3) is 4.12. The van der Waals surface area contributed by atoms with Crippen LogP contribution in [0, 0.1) is 0 Å². The molecule has 1 N–H and O–H groups in total. The second kappa shape index (κ2) is 8.06. The van der Waals surface area contributed by atoms with Crippen molar-refractivity contribution in [1.29, 1.82) is 0 Å². The van der Waals surface area contributed by atoms with Gasteiger partial charge in [0.1, 0.15) is 19.5 Å². The van der Waals surface area contributed by atoms with Gasteiger partial charge in [-0.05, 0) is 12.5 Å². The summed E-state index contributed by atoms with van der Waals surface area (Å²) in [5.74, 6) is -0.196. The molecule has 0 fully saturated rings. The molecule has 2 heterocycles. The van der Waals surface area contributed by atoms with Crippen LogP contribution in [-0.2, 0) is 27.4 Å². The fraction of sp³-hybridized carbons (Fsp3) is 0.235. The van der Waals surface area contributed by atoms with Crippen molar-refractivity contribution in [3.8, 4) is 0 Å². The minimum atomic E-state index is -0.659. The third-order valence-electron chi connectivity index (χ3n) is 3.44. The molecular weight excluding hydrogens is 338 g/mol. The molecule has 3 aromatic rings. The van der Waals surface area contributed by atoms with Gasteiger partial charge in [-0.3, -0.25) is 10.1 Å². The molecule has 3 rings (SSSR count). The van der Waals surface area contributed by atoms with E-state index in [1.54, 1.807) is 6.92 Å². The molecule has 0 aliphatic rings. The van der Waals surface area contributed by atoms with Gasteiger partial charge < -0.3 is 14.0 Å². The number of carbonyl (C=O) groups excluding carboxylic acids is 2. The second-order valence-corrected chi connectivity index (χ2v) is 5.26. The average molecular weight is 355 g/mol. The van der Waals surface area contributed by atoms with E-state index in [1.165, 1.54) is 17.2 Å². The highest BCUT2D eigenvalue weighted by molar-refractivity contribution is 5.93. The summed E-state index contributed by atoms with van der Waals surface area (Å²) in [6.45, 7) is 2.13. The molecule has 0 radical (unpaired) electrons. The smallest absolute Gasteiger partial charge is 0.413 e. The van der Waals surface area contributed by atoms with Crippen molar-refractivity contribution in [2.24, 2.45) is 0 Å². The highest BCUT2D eigenvalue weighted by Gasteiger charge is 2.15. The van der Waals surface area contributed by atoms with Crippen LogP contribution >= 0.6 is 0 Å². The van der Waals surface area contributed by atoms with E-state index < -0.39 is 12.1 Å². The second-order valence-electron chi connectivity index (χ2n) is 5.26. The molecule has 9 heteroatoms. The zero-order chi connectivity index (χ0) is 18.4. The normalized spacial score (nSPS) is 10.5. The molecule has 9 nitrogen and oxygen atoms in total. The number of nitrogens with one attached hydrogen (secondary N) is 1. The highest BCUT2D eigenvalue weighted by atomic mass is 16.5. The lowest BCUT2D eigenvalue weighted by atomic mass is 10.2. The van der Waals surface area contributed by atoms with Crippen molar-refractivity contribution in [3.05, 3.63) is 48.5 Å². The summed E-state index contributed by atoms with van der Waals surface area (Å²) in [5.41, 5.74) is 1.63. The van der Waals surface area contributed by atoms with Crippen LogP contribution in [0.2, 0.25) is 0 Å². The van der Waals surface area contributed by atoms with Gasteiger partial charge in [-0.2, -0.15) is 0 Å². The van der Waals surface area contributed by atoms with E-state index in [0.29, 0.717) is 17.8 Å². The predicted octanol–water partition coefficient (Wildman–Crippen LogP) is 2.14. The number of amides is 1. The van der Waals surface area contributed by atoms with Gasteiger partial charge in [0.2, 0.25) is 0 Å². The number of benzene rings is 1. The van der Waals surface area contributed by atoms with E-state index in [0.717, 1.165) is 5.56 Å². The molecule has 2 aromatic heterocycles. The number of imidazole rings is 1. The minimum absolute atomic E-state index is 0.0285. The Morgan fingerprint density at radius 1 is 1.12 bits per heavy atom. The van der Waals surface area contributed by atoms with Crippen molar-refractivity contribution in [2.45, 2.75) is 20.1 Å². The number of esters is 1. The van der Waals surface area contributed by atoms with Crippen molar-refractivity contribution in [2.75, 3.05) is 11.9 Å². The van der Waals surface area contributed by atoms with Crippen LogP contribution in [0.4, 0.5) is 10.6 Å². The third-order valence-corrected chi connectivity index (χ3v) is 3.44. The number of aromatic nitrogens is 4. The van der Waals surface area contributed by atoms with Crippen molar-refractivity contribution in [3.63, 3.8) is 0 Å². The standard InChI is InChI=1S/C17H17N5O4/c1-2-25-13(23)8-22-11-20-14-15(18-10-19-16(14)22)21-17(24)26-9-12-6-4-3-5-7-12/h3-7,10-11H,2,8-9H2,1H3,(H,18,19,21,24). The van der Waals surface area contributed by atoms with Gasteiger partial charge in [-0.25, -0.2) is 19.7 Å². The Kier molecular flexibility index (Phi) is 5.37. The van der Waals surface area contributed by atoms with Crippen molar-refractivity contribution in [1.82, 2.24) is 19.5 Å². The van der Waals surface area contributed by atoms with Gasteiger partial charge in [0.05, 0.1) is 12.9 Å². The predicted molar refractivity (Wildman–Crippen MR) is 92.2 cm³/mol. The lowest BCUT2D eigenvalue weighted by Gasteiger charge is -2.07. The molecule has 0 saturated heterocycles. The first kappa shape index (κ1) is 17.3. The lowest BCUT2D eigenvalue weighted by Crippen LogP contribution is -2.15. The van der Waals surface area contributed by atoms with E-state index in [4.69, 9.17) is 9.47 Å². The number of anilines is 1. The van der Waals surface area contributed by atoms with Crippen LogP contribution in [0.15, 0.2) is 43.0 Å². The largest absolute Gasteiger partial charge is 0.465 e. The summed E-state index contributed by atoms with van der Waals surface area (Å²) in [6, 6.07) is 9.32. The zero-order valence-corrected chi connectivity index (χ0v) is 14.1. The number of hydrogen-bond donors (Lipinski definition) is 1. The maximum Gasteiger partial charge on any atom is 0.413 e. The molecule has 134 valence electrons. The molecule has 1 aromatic carbocycles. The van der Waals surface area contributed by atoms with E-state index in [-0.39, 0.29) is 19.0 Å². The maximum absolute atomic E-state index is 12.0. The molecule has 0 aliphatic heterocycles. The van der Waals surface area contributed by atoms with E-state index in [9.17, 15) is 9.59 Å². The number of hydrogen-bond acceptors (Lipinski definition) is 7. The fourth-order valence-corrected chi connectivity index (χ4v) is 2.29. The molecule has 0 bridgehead atoms. The maximum atomic E-state index is 12.0. The first-order chi connectivity index (χ1) is 12.7. The van der Waals surface area contributed by atoms with E-state index in [1.807, 2.05) is 30.3 Å². The van der Waals surface area contributed by atoms with Gasteiger partial charge in [-0.1, -0.05) is 30.3 Å². The van der Waals surface area contributed by atoms with Crippen molar-refractivity contribution < 1.29 is 19.1 Å². The van der Waals surface area contributed by atoms with E-state index >= 15 is 0 Å². The average Bonchev–Trinajstić information content (AvgIpc) is 3.05. The zero-order valence-electron chi connectivity index (χ0n) is 14.1. The number of nitrogens with zero attached hydrogens (tertiary/aromatic N) is 4. The van der Waals surface area contributed by atoms with Crippen molar-refractivity contribution >= 4 is 29.0 Å². The summed E-state index contributed by atoms with van der Waals surface area (Å²) in [5, 5.41) is 2.54. The lowest BCUT2D eigenvalue weighted by molar-refractivity contribution is -0.143. The monoisotopic (exact) mass is 355 g/mol. The van der Waals surface area contributed by atoms with Gasteiger partial charge >= 0.3 is 12.1 Å². The Morgan fingerprint density at radius 3 is 2.69 bits per heavy atom. The van der Waals surface area contributed by atoms with Crippen LogP contribution in [0.5, 0.6) is 0 Å². The molecule has 0 spiro atoms. The Morgan fingerprint density at radius 2 is 1.92 bits per heavy atom. The first-order valence-electron chi connectivity index (χ1n) is 7.96. The molecule has 26 heavy (non-hydrogen) atoms.